The zero-order chi connectivity index (χ0) is 12.7. The van der Waals surface area contributed by atoms with Crippen molar-refractivity contribution in [3.63, 3.8) is 0 Å². The third-order valence-corrected chi connectivity index (χ3v) is 3.56. The number of aromatic nitrogens is 1. The second-order valence-electron chi connectivity index (χ2n) is 4.65. The molecule has 0 saturated carbocycles. The molecule has 1 aliphatic carbocycles. The Morgan fingerprint density at radius 2 is 2.00 bits per heavy atom. The molecule has 4 nitrogen and oxygen atoms in total. The van der Waals surface area contributed by atoms with Crippen molar-refractivity contribution in [1.82, 2.24) is 4.98 Å². The summed E-state index contributed by atoms with van der Waals surface area (Å²) in [7, 11) is 0. The van der Waals surface area contributed by atoms with Gasteiger partial charge in [0, 0.05) is 16.6 Å². The number of aryl methyl sites for hydroxylation is 1. The molecular weight excluding hydrogens is 230 g/mol. The highest BCUT2D eigenvalue weighted by Gasteiger charge is 2.18. The molecule has 92 valence electrons. The first-order valence-electron chi connectivity index (χ1n) is 6.08. The third-order valence-electron chi connectivity index (χ3n) is 3.56. The number of hydrogen-bond acceptors (Lipinski definition) is 2. The minimum Gasteiger partial charge on any atom is -0.478 e. The number of aromatic carboxylic acids is 1. The van der Waals surface area contributed by atoms with Crippen LogP contribution in [0.15, 0.2) is 23.0 Å². The van der Waals surface area contributed by atoms with Gasteiger partial charge in [0.05, 0.1) is 11.1 Å². The van der Waals surface area contributed by atoms with Gasteiger partial charge in [-0.1, -0.05) is 6.07 Å². The first kappa shape index (κ1) is 11.0. The Hall–Kier alpha value is -2.10. The van der Waals surface area contributed by atoms with Gasteiger partial charge in [-0.15, -0.1) is 0 Å². The van der Waals surface area contributed by atoms with E-state index < -0.39 is 5.97 Å². The van der Waals surface area contributed by atoms with E-state index >= 15 is 0 Å². The Morgan fingerprint density at radius 1 is 1.22 bits per heavy atom. The van der Waals surface area contributed by atoms with E-state index in [2.05, 4.69) is 4.98 Å². The van der Waals surface area contributed by atoms with Gasteiger partial charge >= 0.3 is 5.97 Å². The molecule has 4 heteroatoms. The van der Waals surface area contributed by atoms with E-state index in [0.717, 1.165) is 36.9 Å². The maximum atomic E-state index is 12.3. The van der Waals surface area contributed by atoms with Crippen LogP contribution in [0, 0.1) is 0 Å². The van der Waals surface area contributed by atoms with Crippen LogP contribution in [-0.4, -0.2) is 16.1 Å². The second kappa shape index (κ2) is 3.98. The van der Waals surface area contributed by atoms with Crippen LogP contribution in [0.2, 0.25) is 0 Å². The highest BCUT2D eigenvalue weighted by Crippen LogP contribution is 2.21. The highest BCUT2D eigenvalue weighted by atomic mass is 16.4. The second-order valence-corrected chi connectivity index (χ2v) is 4.65. The quantitative estimate of drug-likeness (QED) is 0.805. The van der Waals surface area contributed by atoms with Gasteiger partial charge in [-0.3, -0.25) is 4.79 Å². The Morgan fingerprint density at radius 3 is 2.78 bits per heavy atom. The van der Waals surface area contributed by atoms with Gasteiger partial charge in [-0.25, -0.2) is 4.79 Å². The van der Waals surface area contributed by atoms with Crippen LogP contribution in [0.5, 0.6) is 0 Å². The van der Waals surface area contributed by atoms with Crippen LogP contribution in [-0.2, 0) is 12.8 Å². The van der Waals surface area contributed by atoms with Crippen LogP contribution in [0.3, 0.4) is 0 Å². The Labute approximate surface area is 103 Å². The summed E-state index contributed by atoms with van der Waals surface area (Å²) in [5.74, 6) is -1.01. The monoisotopic (exact) mass is 243 g/mol. The Balaban J connectivity index is 2.42. The zero-order valence-corrected chi connectivity index (χ0v) is 9.82. The molecule has 0 aliphatic heterocycles. The molecule has 0 radical (unpaired) electrons. The number of carbonyl (C=O) groups is 1. The lowest BCUT2D eigenvalue weighted by atomic mass is 9.93. The summed E-state index contributed by atoms with van der Waals surface area (Å²) in [4.78, 5) is 26.7. The van der Waals surface area contributed by atoms with Crippen LogP contribution in [0.4, 0.5) is 0 Å². The first-order valence-corrected chi connectivity index (χ1v) is 6.08. The Bertz CT molecular complexity index is 700. The smallest absolute Gasteiger partial charge is 0.337 e. The van der Waals surface area contributed by atoms with Gasteiger partial charge < -0.3 is 10.1 Å². The van der Waals surface area contributed by atoms with E-state index in [0.29, 0.717) is 10.9 Å². The number of fused-ring (bicyclic) bond motifs is 2. The number of aromatic amines is 1. The van der Waals surface area contributed by atoms with E-state index in [1.165, 1.54) is 6.07 Å². The summed E-state index contributed by atoms with van der Waals surface area (Å²) >= 11 is 0. The van der Waals surface area contributed by atoms with Crippen LogP contribution < -0.4 is 5.43 Å². The summed E-state index contributed by atoms with van der Waals surface area (Å²) in [6.07, 6.45) is 3.69. The van der Waals surface area contributed by atoms with E-state index in [4.69, 9.17) is 5.11 Å². The highest BCUT2D eigenvalue weighted by molar-refractivity contribution is 6.01. The van der Waals surface area contributed by atoms with Crippen LogP contribution >= 0.6 is 0 Å². The fourth-order valence-corrected chi connectivity index (χ4v) is 2.66. The predicted molar refractivity (Wildman–Crippen MR) is 68.2 cm³/mol. The lowest BCUT2D eigenvalue weighted by Gasteiger charge is -2.16. The molecule has 0 fully saturated rings. The topological polar surface area (TPSA) is 70.2 Å². The number of nitrogens with one attached hydrogen (secondary N) is 1. The number of rotatable bonds is 1. The van der Waals surface area contributed by atoms with Crippen molar-refractivity contribution in [3.8, 4) is 0 Å². The van der Waals surface area contributed by atoms with E-state index in [-0.39, 0.29) is 11.0 Å². The largest absolute Gasteiger partial charge is 0.478 e. The van der Waals surface area contributed by atoms with Gasteiger partial charge in [0.15, 0.2) is 5.43 Å². The fourth-order valence-electron chi connectivity index (χ4n) is 2.66. The van der Waals surface area contributed by atoms with E-state index in [1.807, 2.05) is 0 Å². The number of benzene rings is 1. The first-order chi connectivity index (χ1) is 8.68. The van der Waals surface area contributed by atoms with Crippen molar-refractivity contribution in [2.45, 2.75) is 25.7 Å². The molecule has 1 aromatic heterocycles. The minimum atomic E-state index is -1.01. The van der Waals surface area contributed by atoms with E-state index in [1.54, 1.807) is 12.1 Å². The normalized spacial score (nSPS) is 14.4. The number of H-pyrrole nitrogens is 1. The molecule has 1 heterocycles. The number of pyridine rings is 1. The van der Waals surface area contributed by atoms with Gasteiger partial charge in [-0.2, -0.15) is 0 Å². The van der Waals surface area contributed by atoms with Gasteiger partial charge in [0.1, 0.15) is 0 Å². The van der Waals surface area contributed by atoms with E-state index in [9.17, 15) is 9.59 Å². The molecule has 0 bridgehead atoms. The van der Waals surface area contributed by atoms with Crippen molar-refractivity contribution >= 4 is 16.9 Å². The van der Waals surface area contributed by atoms with Crippen LogP contribution in [0.1, 0.15) is 34.5 Å². The summed E-state index contributed by atoms with van der Waals surface area (Å²) in [6, 6.07) is 4.83. The zero-order valence-electron chi connectivity index (χ0n) is 9.82. The fraction of sp³-hybridized carbons (Fsp3) is 0.286. The molecule has 2 aromatic rings. The van der Waals surface area contributed by atoms with Crippen molar-refractivity contribution < 1.29 is 9.90 Å². The minimum absolute atomic E-state index is 0.0125. The molecule has 2 N–H and O–H groups in total. The van der Waals surface area contributed by atoms with Crippen molar-refractivity contribution in [1.29, 1.82) is 0 Å². The molecule has 0 amide bonds. The summed E-state index contributed by atoms with van der Waals surface area (Å²) in [5.41, 5.74) is 2.35. The molecule has 0 unspecified atom stereocenters. The number of carboxylic acid groups (broad SMARTS) is 1. The van der Waals surface area contributed by atoms with Gasteiger partial charge in [0.25, 0.3) is 0 Å². The maximum Gasteiger partial charge on any atom is 0.337 e. The average molecular weight is 243 g/mol. The number of carboxylic acids is 1. The predicted octanol–water partition coefficient (Wildman–Crippen LogP) is 2.11. The molecular formula is C14H13NO3. The molecule has 3 rings (SSSR count). The third kappa shape index (κ3) is 1.53. The summed E-state index contributed by atoms with van der Waals surface area (Å²) < 4.78 is 0. The van der Waals surface area contributed by atoms with Crippen molar-refractivity contribution in [2.75, 3.05) is 0 Å². The molecule has 18 heavy (non-hydrogen) atoms. The molecule has 0 saturated heterocycles. The van der Waals surface area contributed by atoms with Crippen LogP contribution in [0.25, 0.3) is 10.9 Å². The molecule has 1 aliphatic rings. The summed E-state index contributed by atoms with van der Waals surface area (Å²) in [6.45, 7) is 0. The molecule has 1 aromatic carbocycles. The number of hydrogen-bond donors (Lipinski definition) is 2. The lowest BCUT2D eigenvalue weighted by molar-refractivity contribution is 0.0699. The molecule has 0 atom stereocenters. The summed E-state index contributed by atoms with van der Waals surface area (Å²) in [5, 5.41) is 9.64. The van der Waals surface area contributed by atoms with Crippen molar-refractivity contribution in [3.05, 3.63) is 45.2 Å². The van der Waals surface area contributed by atoms with Gasteiger partial charge in [-0.05, 0) is 37.8 Å². The Kier molecular flexibility index (Phi) is 2.44. The number of para-hydroxylation sites is 1. The lowest BCUT2D eigenvalue weighted by Crippen LogP contribution is -2.19. The standard InChI is InChI=1S/C14H13NO3/c16-13-8-4-1-2-7-11(8)15-12-9(13)5-3-6-10(12)14(17)18/h3,5-6H,1-2,4,7H2,(H,15,16)(H,17,18). The molecule has 0 spiro atoms. The SMILES string of the molecule is O=C(O)c1cccc2c(=O)c3c([nH]c12)CCCC3. The maximum absolute atomic E-state index is 12.3. The van der Waals surface area contributed by atoms with Crippen molar-refractivity contribution in [2.24, 2.45) is 0 Å². The average Bonchev–Trinajstić information content (AvgIpc) is 2.38. The van der Waals surface area contributed by atoms with Gasteiger partial charge in [0.2, 0.25) is 0 Å².